The minimum Gasteiger partial charge on any atom is -0.166 e. The van der Waals surface area contributed by atoms with Gasteiger partial charge in [-0.25, -0.2) is 0 Å². The molecule has 0 aliphatic heterocycles. The number of alkyl halides is 3. The second-order valence-electron chi connectivity index (χ2n) is 5.17. The Morgan fingerprint density at radius 1 is 0.708 bits per heavy atom. The van der Waals surface area contributed by atoms with Crippen molar-refractivity contribution in [3.05, 3.63) is 88.9 Å². The van der Waals surface area contributed by atoms with Gasteiger partial charge in [0.15, 0.2) is 0 Å². The predicted octanol–water partition coefficient (Wildman–Crippen LogP) is 5.23. The average Bonchev–Trinajstić information content (AvgIpc) is 2.58. The summed E-state index contributed by atoms with van der Waals surface area (Å²) >= 11 is 3.44. The molecule has 0 atom stereocenters. The van der Waals surface area contributed by atoms with Crippen molar-refractivity contribution in [2.24, 2.45) is 0 Å². The third kappa shape index (κ3) is 3.71. The standard InChI is InChI=1S/C19H13BrF3P/c20-17-12-11-14(19(21,22)23)13-18(17)24(15-7-3-1-4-8-15)16-9-5-2-6-10-16/h1-13H. The quantitative estimate of drug-likeness (QED) is 0.520. The molecule has 0 spiro atoms. The van der Waals surface area contributed by atoms with Gasteiger partial charge in [-0.2, -0.15) is 13.2 Å². The molecule has 0 bridgehead atoms. The molecule has 0 saturated heterocycles. The zero-order valence-corrected chi connectivity index (χ0v) is 14.9. The summed E-state index contributed by atoms with van der Waals surface area (Å²) in [6, 6.07) is 23.2. The van der Waals surface area contributed by atoms with Crippen LogP contribution >= 0.6 is 23.9 Å². The van der Waals surface area contributed by atoms with Crippen molar-refractivity contribution in [2.75, 3.05) is 0 Å². The number of hydrogen-bond donors (Lipinski definition) is 0. The maximum absolute atomic E-state index is 13.2. The SMILES string of the molecule is FC(F)(F)c1ccc(Br)c(P(c2ccccc2)c2ccccc2)c1. The molecule has 3 rings (SSSR count). The lowest BCUT2D eigenvalue weighted by Crippen LogP contribution is -2.22. The fourth-order valence-electron chi connectivity index (χ4n) is 2.44. The van der Waals surface area contributed by atoms with E-state index in [0.717, 1.165) is 16.7 Å². The van der Waals surface area contributed by atoms with Gasteiger partial charge in [-0.3, -0.25) is 0 Å². The molecule has 0 N–H and O–H groups in total. The van der Waals surface area contributed by atoms with E-state index in [4.69, 9.17) is 0 Å². The normalized spacial score (nSPS) is 11.7. The highest BCUT2D eigenvalue weighted by molar-refractivity contribution is 9.10. The van der Waals surface area contributed by atoms with Crippen LogP contribution < -0.4 is 15.9 Å². The third-order valence-corrected chi connectivity index (χ3v) is 7.02. The number of halogens is 4. The minimum absolute atomic E-state index is 0.625. The van der Waals surface area contributed by atoms with Gasteiger partial charge in [0.25, 0.3) is 0 Å². The summed E-state index contributed by atoms with van der Waals surface area (Å²) in [6.07, 6.45) is -4.36. The largest absolute Gasteiger partial charge is 0.416 e. The van der Waals surface area contributed by atoms with Crippen molar-refractivity contribution in [3.8, 4) is 0 Å². The zero-order chi connectivity index (χ0) is 17.2. The fraction of sp³-hybridized carbons (Fsp3) is 0.0526. The van der Waals surface area contributed by atoms with Crippen LogP contribution in [0.3, 0.4) is 0 Å². The molecule has 0 unspecified atom stereocenters. The molecule has 0 aliphatic rings. The van der Waals surface area contributed by atoms with Gasteiger partial charge in [0.05, 0.1) is 5.56 Å². The van der Waals surface area contributed by atoms with E-state index in [9.17, 15) is 13.2 Å². The van der Waals surface area contributed by atoms with E-state index in [1.807, 2.05) is 60.7 Å². The zero-order valence-electron chi connectivity index (χ0n) is 12.5. The van der Waals surface area contributed by atoms with E-state index in [1.165, 1.54) is 12.1 Å². The maximum atomic E-state index is 13.2. The first-order chi connectivity index (χ1) is 11.5. The van der Waals surface area contributed by atoms with Gasteiger partial charge in [0.1, 0.15) is 0 Å². The summed E-state index contributed by atoms with van der Waals surface area (Å²) in [4.78, 5) is 0. The predicted molar refractivity (Wildman–Crippen MR) is 97.9 cm³/mol. The Morgan fingerprint density at radius 2 is 1.21 bits per heavy atom. The number of benzene rings is 3. The highest BCUT2D eigenvalue weighted by atomic mass is 79.9. The van der Waals surface area contributed by atoms with Crippen LogP contribution in [0.2, 0.25) is 0 Å². The molecule has 5 heteroatoms. The molecule has 0 amide bonds. The summed E-state index contributed by atoms with van der Waals surface area (Å²) in [7, 11) is -1.08. The van der Waals surface area contributed by atoms with E-state index in [1.54, 1.807) is 0 Å². The van der Waals surface area contributed by atoms with Crippen LogP contribution in [0.5, 0.6) is 0 Å². The van der Waals surface area contributed by atoms with Crippen LogP contribution in [0, 0.1) is 0 Å². The van der Waals surface area contributed by atoms with E-state index < -0.39 is 19.7 Å². The Bertz CT molecular complexity index is 778. The summed E-state index contributed by atoms with van der Waals surface area (Å²) in [5, 5.41) is 2.69. The van der Waals surface area contributed by atoms with Crippen molar-refractivity contribution < 1.29 is 13.2 Å². The van der Waals surface area contributed by atoms with Gasteiger partial charge in [0.2, 0.25) is 0 Å². The van der Waals surface area contributed by atoms with Gasteiger partial charge >= 0.3 is 6.18 Å². The van der Waals surface area contributed by atoms with Crippen molar-refractivity contribution in [3.63, 3.8) is 0 Å². The lowest BCUT2D eigenvalue weighted by atomic mass is 10.2. The summed E-state index contributed by atoms with van der Waals surface area (Å²) in [5.41, 5.74) is -0.625. The van der Waals surface area contributed by atoms with Gasteiger partial charge in [-0.05, 0) is 42.0 Å². The van der Waals surface area contributed by atoms with Gasteiger partial charge in [-0.15, -0.1) is 0 Å². The van der Waals surface area contributed by atoms with Crippen LogP contribution in [-0.2, 0) is 6.18 Å². The molecule has 0 aliphatic carbocycles. The molecule has 3 aromatic carbocycles. The maximum Gasteiger partial charge on any atom is 0.416 e. The average molecular weight is 409 g/mol. The van der Waals surface area contributed by atoms with E-state index >= 15 is 0 Å². The lowest BCUT2D eigenvalue weighted by Gasteiger charge is -2.21. The van der Waals surface area contributed by atoms with E-state index in [-0.39, 0.29) is 0 Å². The molecular formula is C19H13BrF3P. The smallest absolute Gasteiger partial charge is 0.166 e. The van der Waals surface area contributed by atoms with E-state index in [0.29, 0.717) is 9.78 Å². The van der Waals surface area contributed by atoms with Crippen molar-refractivity contribution in [1.82, 2.24) is 0 Å². The van der Waals surface area contributed by atoms with Crippen molar-refractivity contribution >= 4 is 39.8 Å². The summed E-state index contributed by atoms with van der Waals surface area (Å²) in [5.74, 6) is 0. The van der Waals surface area contributed by atoms with Crippen LogP contribution in [0.4, 0.5) is 13.2 Å². The fourth-order valence-corrected chi connectivity index (χ4v) is 5.57. The van der Waals surface area contributed by atoms with Crippen molar-refractivity contribution in [1.29, 1.82) is 0 Å². The summed E-state index contributed by atoms with van der Waals surface area (Å²) < 4.78 is 40.2. The molecule has 3 aromatic rings. The first kappa shape index (κ1) is 17.2. The van der Waals surface area contributed by atoms with Crippen LogP contribution in [0.1, 0.15) is 5.56 Å². The molecule has 0 nitrogen and oxygen atoms in total. The van der Waals surface area contributed by atoms with Gasteiger partial charge in [-0.1, -0.05) is 76.6 Å². The minimum atomic E-state index is -4.36. The lowest BCUT2D eigenvalue weighted by molar-refractivity contribution is -0.137. The van der Waals surface area contributed by atoms with Gasteiger partial charge in [0, 0.05) is 4.47 Å². The van der Waals surface area contributed by atoms with Gasteiger partial charge < -0.3 is 0 Å². The monoisotopic (exact) mass is 408 g/mol. The Balaban J connectivity index is 2.20. The molecule has 122 valence electrons. The molecular weight excluding hydrogens is 396 g/mol. The van der Waals surface area contributed by atoms with E-state index in [2.05, 4.69) is 15.9 Å². The number of rotatable bonds is 3. The molecule has 0 heterocycles. The molecule has 0 fully saturated rings. The molecule has 0 aromatic heterocycles. The highest BCUT2D eigenvalue weighted by Gasteiger charge is 2.32. The van der Waals surface area contributed by atoms with Crippen LogP contribution in [-0.4, -0.2) is 0 Å². The molecule has 0 radical (unpaired) electrons. The third-order valence-electron chi connectivity index (χ3n) is 3.54. The Kier molecular flexibility index (Phi) is 5.07. The van der Waals surface area contributed by atoms with Crippen molar-refractivity contribution in [2.45, 2.75) is 6.18 Å². The first-order valence-electron chi connectivity index (χ1n) is 7.24. The Labute approximate surface area is 148 Å². The molecule has 24 heavy (non-hydrogen) atoms. The van der Waals surface area contributed by atoms with Crippen LogP contribution in [0.25, 0.3) is 0 Å². The Morgan fingerprint density at radius 3 is 1.67 bits per heavy atom. The molecule has 0 saturated carbocycles. The Hall–Kier alpha value is -1.64. The highest BCUT2D eigenvalue weighted by Crippen LogP contribution is 2.38. The topological polar surface area (TPSA) is 0 Å². The summed E-state index contributed by atoms with van der Waals surface area (Å²) in [6.45, 7) is 0. The number of hydrogen-bond acceptors (Lipinski definition) is 0. The second-order valence-corrected chi connectivity index (χ2v) is 8.21. The van der Waals surface area contributed by atoms with Crippen LogP contribution in [0.15, 0.2) is 83.3 Å². The first-order valence-corrected chi connectivity index (χ1v) is 9.37. The second kappa shape index (κ2) is 7.08.